The Hall–Kier alpha value is -3.03. The van der Waals surface area contributed by atoms with Crippen LogP contribution in [-0.2, 0) is 0 Å². The lowest BCUT2D eigenvalue weighted by atomic mass is 9.91. The first-order valence-electron chi connectivity index (χ1n) is 15.4. The van der Waals surface area contributed by atoms with Crippen molar-refractivity contribution in [3.8, 4) is 0 Å². The Morgan fingerprint density at radius 3 is 1.79 bits per heavy atom. The maximum Gasteiger partial charge on any atom is 0.227 e. The van der Waals surface area contributed by atoms with E-state index in [1.807, 2.05) is 110 Å². The van der Waals surface area contributed by atoms with Crippen molar-refractivity contribution in [1.82, 2.24) is 9.97 Å². The molecule has 0 aliphatic heterocycles. The molecule has 1 aromatic carbocycles. The summed E-state index contributed by atoms with van der Waals surface area (Å²) in [5, 5.41) is 3.09. The van der Waals surface area contributed by atoms with Gasteiger partial charge < -0.3 is 5.32 Å². The molecule has 0 radical (unpaired) electrons. The van der Waals surface area contributed by atoms with E-state index in [9.17, 15) is 0 Å². The van der Waals surface area contributed by atoms with Crippen molar-refractivity contribution >= 4 is 26.8 Å². The smallest absolute Gasteiger partial charge is 0.227 e. The Bertz CT molecular complexity index is 1090. The highest BCUT2D eigenvalue weighted by Crippen LogP contribution is 2.27. The molecule has 0 amide bonds. The minimum atomic E-state index is 0.548. The van der Waals surface area contributed by atoms with Crippen molar-refractivity contribution < 1.29 is 0 Å². The van der Waals surface area contributed by atoms with E-state index in [0.717, 1.165) is 39.6 Å². The fourth-order valence-electron chi connectivity index (χ4n) is 3.48. The van der Waals surface area contributed by atoms with Crippen LogP contribution in [0, 0.1) is 12.8 Å². The number of aromatic nitrogens is 2. The van der Waals surface area contributed by atoms with Gasteiger partial charge >= 0.3 is 0 Å². The average Bonchev–Trinajstić information content (AvgIpc) is 3.00. The Morgan fingerprint density at radius 1 is 0.857 bits per heavy atom. The molecule has 1 unspecified atom stereocenters. The molecule has 3 nitrogen and oxygen atoms in total. The molecular formula is C38H60N3P. The number of hydrogen-bond donors (Lipinski definition) is 1. The van der Waals surface area contributed by atoms with Gasteiger partial charge in [-0.25, -0.2) is 9.97 Å². The molecule has 1 aliphatic carbocycles. The third-order valence-corrected chi connectivity index (χ3v) is 6.84. The molecule has 3 rings (SSSR count). The third-order valence-electron chi connectivity index (χ3n) is 6.18. The van der Waals surface area contributed by atoms with Crippen LogP contribution in [0.1, 0.15) is 105 Å². The zero-order valence-electron chi connectivity index (χ0n) is 28.4. The zero-order valence-corrected chi connectivity index (χ0v) is 29.6. The molecule has 1 fully saturated rings. The van der Waals surface area contributed by atoms with E-state index >= 15 is 0 Å². The first-order valence-corrected chi connectivity index (χ1v) is 16.1. The number of aryl methyl sites for hydroxylation is 1. The number of nitrogens with zero attached hydrogens (tertiary/aromatic N) is 2. The SMILES string of the molecule is C=C(/C=C\c1ccccc1C)Nc1ncc(/C(C)=C/C)cn1.C=C(C)/C=C\C(=C)C.CC.CC.CC1CCC(P)CC1. The van der Waals surface area contributed by atoms with E-state index in [0.29, 0.717) is 5.95 Å². The summed E-state index contributed by atoms with van der Waals surface area (Å²) in [6, 6.07) is 8.21. The topological polar surface area (TPSA) is 37.8 Å². The Balaban J connectivity index is 0. The third kappa shape index (κ3) is 20.8. The molecule has 1 saturated carbocycles. The molecule has 0 bridgehead atoms. The van der Waals surface area contributed by atoms with Gasteiger partial charge in [-0.15, -0.1) is 9.24 Å². The van der Waals surface area contributed by atoms with Gasteiger partial charge in [0.1, 0.15) is 0 Å². The van der Waals surface area contributed by atoms with Crippen LogP contribution in [-0.4, -0.2) is 15.6 Å². The monoisotopic (exact) mass is 589 g/mol. The van der Waals surface area contributed by atoms with Crippen molar-refractivity contribution in [3.63, 3.8) is 0 Å². The quantitative estimate of drug-likeness (QED) is 0.258. The number of hydrogen-bond acceptors (Lipinski definition) is 3. The van der Waals surface area contributed by atoms with E-state index in [2.05, 4.69) is 70.2 Å². The van der Waals surface area contributed by atoms with Crippen LogP contribution in [0.4, 0.5) is 5.95 Å². The van der Waals surface area contributed by atoms with Crippen LogP contribution in [0.15, 0.2) is 97.5 Å². The van der Waals surface area contributed by atoms with Gasteiger partial charge in [0, 0.05) is 23.7 Å². The van der Waals surface area contributed by atoms with Crippen LogP contribution in [0.3, 0.4) is 0 Å². The molecule has 4 heteroatoms. The van der Waals surface area contributed by atoms with Gasteiger partial charge in [0.2, 0.25) is 5.95 Å². The summed E-state index contributed by atoms with van der Waals surface area (Å²) in [6.07, 6.45) is 19.3. The van der Waals surface area contributed by atoms with Crippen molar-refractivity contribution in [2.75, 3.05) is 5.32 Å². The molecule has 1 atom stereocenters. The lowest BCUT2D eigenvalue weighted by Crippen LogP contribution is -2.10. The predicted molar refractivity (Wildman–Crippen MR) is 197 cm³/mol. The second kappa shape index (κ2) is 25.7. The minimum absolute atomic E-state index is 0.548. The maximum atomic E-state index is 4.30. The first-order chi connectivity index (χ1) is 20.0. The fraction of sp³-hybridized carbons (Fsp3) is 0.421. The van der Waals surface area contributed by atoms with Crippen molar-refractivity contribution in [1.29, 1.82) is 0 Å². The van der Waals surface area contributed by atoms with Crippen LogP contribution < -0.4 is 5.32 Å². The zero-order chi connectivity index (χ0) is 32.5. The van der Waals surface area contributed by atoms with Gasteiger partial charge in [-0.3, -0.25) is 0 Å². The van der Waals surface area contributed by atoms with E-state index in [1.165, 1.54) is 36.8 Å². The van der Waals surface area contributed by atoms with Crippen LogP contribution in [0.25, 0.3) is 11.6 Å². The Kier molecular flexibility index (Phi) is 25.1. The highest BCUT2D eigenvalue weighted by atomic mass is 31.0. The lowest BCUT2D eigenvalue weighted by molar-refractivity contribution is 0.393. The summed E-state index contributed by atoms with van der Waals surface area (Å²) < 4.78 is 0. The van der Waals surface area contributed by atoms with Gasteiger partial charge in [0.25, 0.3) is 0 Å². The largest absolute Gasteiger partial charge is 0.325 e. The van der Waals surface area contributed by atoms with Crippen LogP contribution in [0.5, 0.6) is 0 Å². The van der Waals surface area contributed by atoms with Gasteiger partial charge in [-0.1, -0.05) is 127 Å². The molecule has 42 heavy (non-hydrogen) atoms. The normalized spacial score (nSPS) is 15.8. The van der Waals surface area contributed by atoms with Gasteiger partial charge in [-0.05, 0) is 81.8 Å². The summed E-state index contributed by atoms with van der Waals surface area (Å²) in [7, 11) is 2.92. The van der Waals surface area contributed by atoms with Gasteiger partial charge in [-0.2, -0.15) is 0 Å². The number of rotatable bonds is 7. The van der Waals surface area contributed by atoms with Crippen molar-refractivity contribution in [2.24, 2.45) is 5.92 Å². The molecule has 1 aliphatic rings. The van der Waals surface area contributed by atoms with Crippen LogP contribution >= 0.6 is 9.24 Å². The van der Waals surface area contributed by atoms with Crippen molar-refractivity contribution in [3.05, 3.63) is 114 Å². The number of nitrogens with one attached hydrogen (secondary N) is 1. The van der Waals surface area contributed by atoms with E-state index < -0.39 is 0 Å². The van der Waals surface area contributed by atoms with E-state index in [4.69, 9.17) is 0 Å². The molecular weight excluding hydrogens is 529 g/mol. The van der Waals surface area contributed by atoms with Crippen LogP contribution in [0.2, 0.25) is 0 Å². The standard InChI is InChI=1S/C19H21N3.C8H12.C7H15P.2C2H6/c1-5-14(2)18-12-20-19(21-13-18)22-16(4)10-11-17-9-7-6-8-15(17)3;1-7(2)5-6-8(3)4;1-6-2-4-7(8)5-3-6;2*1-2/h5-13H,4H2,1-3H3,(H,20,21,22);5-6H,1,3H2,2,4H3;6-7H,2-5,8H2,1H3;2*1-2H3/b11-10-,14-5+;6-5-;;;. The second-order valence-electron chi connectivity index (χ2n) is 10.2. The molecule has 0 spiro atoms. The molecule has 0 saturated heterocycles. The van der Waals surface area contributed by atoms with Crippen molar-refractivity contribution in [2.45, 2.75) is 101 Å². The summed E-state index contributed by atoms with van der Waals surface area (Å²) in [5.41, 5.74) is 8.39. The number of anilines is 1. The fourth-order valence-corrected chi connectivity index (χ4v) is 3.87. The van der Waals surface area contributed by atoms with E-state index in [1.54, 1.807) is 0 Å². The summed E-state index contributed by atoms with van der Waals surface area (Å²) in [4.78, 5) is 8.60. The summed E-state index contributed by atoms with van der Waals surface area (Å²) in [6.45, 7) is 31.8. The molecule has 1 heterocycles. The maximum absolute atomic E-state index is 4.30. The lowest BCUT2D eigenvalue weighted by Gasteiger charge is -2.22. The first kappa shape index (κ1) is 41.1. The van der Waals surface area contributed by atoms with Gasteiger partial charge in [0.05, 0.1) is 0 Å². The highest BCUT2D eigenvalue weighted by molar-refractivity contribution is 7.17. The average molecular weight is 590 g/mol. The molecule has 1 aromatic heterocycles. The molecule has 1 N–H and O–H groups in total. The van der Waals surface area contributed by atoms with E-state index in [-0.39, 0.29) is 0 Å². The summed E-state index contributed by atoms with van der Waals surface area (Å²) in [5.74, 6) is 1.55. The Morgan fingerprint density at radius 2 is 1.36 bits per heavy atom. The number of benzene rings is 1. The summed E-state index contributed by atoms with van der Waals surface area (Å²) >= 11 is 0. The predicted octanol–water partition coefficient (Wildman–Crippen LogP) is 12.0. The van der Waals surface area contributed by atoms with Gasteiger partial charge in [0.15, 0.2) is 0 Å². The Labute approximate surface area is 262 Å². The highest BCUT2D eigenvalue weighted by Gasteiger charge is 2.13. The number of allylic oxidation sites excluding steroid dienone is 7. The molecule has 232 valence electrons. The molecule has 2 aromatic rings. The minimum Gasteiger partial charge on any atom is -0.325 e. The second-order valence-corrected chi connectivity index (χ2v) is 11.1.